The number of rotatable bonds is 6. The molecule has 0 aliphatic rings. The summed E-state index contributed by atoms with van der Waals surface area (Å²) in [6, 6.07) is 8.51. The first-order valence-electron chi connectivity index (χ1n) is 6.51. The highest BCUT2D eigenvalue weighted by Crippen LogP contribution is 2.21. The van der Waals surface area contributed by atoms with Crippen LogP contribution in [0.15, 0.2) is 24.3 Å². The zero-order valence-corrected chi connectivity index (χ0v) is 11.4. The van der Waals surface area contributed by atoms with Gasteiger partial charge in [-0.3, -0.25) is 0 Å². The second-order valence-electron chi connectivity index (χ2n) is 5.22. The van der Waals surface area contributed by atoms with Gasteiger partial charge in [-0.1, -0.05) is 32.0 Å². The second kappa shape index (κ2) is 6.65. The van der Waals surface area contributed by atoms with E-state index in [0.29, 0.717) is 5.92 Å². The zero-order chi connectivity index (χ0) is 12.8. The van der Waals surface area contributed by atoms with E-state index in [1.807, 2.05) is 12.1 Å². The van der Waals surface area contributed by atoms with Crippen LogP contribution in [0.4, 0.5) is 0 Å². The van der Waals surface area contributed by atoms with Gasteiger partial charge in [0.15, 0.2) is 0 Å². The number of hydrogen-bond acceptors (Lipinski definition) is 2. The Morgan fingerprint density at radius 1 is 1.12 bits per heavy atom. The molecule has 2 N–H and O–H groups in total. The molecule has 96 valence electrons. The Morgan fingerprint density at radius 2 is 1.76 bits per heavy atom. The number of aryl methyl sites for hydroxylation is 1. The normalized spacial score (nSPS) is 13.1. The van der Waals surface area contributed by atoms with Crippen molar-refractivity contribution in [2.24, 2.45) is 11.7 Å². The van der Waals surface area contributed by atoms with E-state index >= 15 is 0 Å². The molecule has 1 aromatic rings. The predicted molar refractivity (Wildman–Crippen MR) is 73.3 cm³/mol. The Kier molecular flexibility index (Phi) is 5.49. The van der Waals surface area contributed by atoms with Crippen LogP contribution < -0.4 is 10.5 Å². The molecule has 0 radical (unpaired) electrons. The van der Waals surface area contributed by atoms with Crippen molar-refractivity contribution in [3.05, 3.63) is 29.8 Å². The fourth-order valence-corrected chi connectivity index (χ4v) is 1.73. The van der Waals surface area contributed by atoms with E-state index in [4.69, 9.17) is 10.5 Å². The molecule has 0 amide bonds. The van der Waals surface area contributed by atoms with Gasteiger partial charge in [-0.15, -0.1) is 0 Å². The lowest BCUT2D eigenvalue weighted by Gasteiger charge is -2.18. The molecule has 0 spiro atoms. The van der Waals surface area contributed by atoms with E-state index in [9.17, 15) is 0 Å². The van der Waals surface area contributed by atoms with Gasteiger partial charge in [0.2, 0.25) is 0 Å². The molecule has 0 bridgehead atoms. The van der Waals surface area contributed by atoms with Crippen molar-refractivity contribution in [2.45, 2.75) is 52.7 Å². The summed E-state index contributed by atoms with van der Waals surface area (Å²) in [6.45, 7) is 8.44. The highest BCUT2D eigenvalue weighted by molar-refractivity contribution is 5.33. The van der Waals surface area contributed by atoms with Crippen molar-refractivity contribution in [3.8, 4) is 5.75 Å². The molecule has 0 heterocycles. The number of para-hydroxylation sites is 1. The molecule has 0 saturated heterocycles. The van der Waals surface area contributed by atoms with Gasteiger partial charge in [-0.05, 0) is 44.2 Å². The summed E-state index contributed by atoms with van der Waals surface area (Å²) in [6.07, 6.45) is 2.22. The van der Waals surface area contributed by atoms with Crippen molar-refractivity contribution < 1.29 is 4.74 Å². The fourth-order valence-electron chi connectivity index (χ4n) is 1.73. The number of ether oxygens (including phenoxy) is 1. The quantitative estimate of drug-likeness (QED) is 0.820. The summed E-state index contributed by atoms with van der Waals surface area (Å²) in [4.78, 5) is 0. The van der Waals surface area contributed by atoms with E-state index in [1.165, 1.54) is 5.56 Å². The Balaban J connectivity index is 2.63. The third kappa shape index (κ3) is 4.78. The molecule has 2 heteroatoms. The van der Waals surface area contributed by atoms with Crippen molar-refractivity contribution >= 4 is 0 Å². The molecule has 0 aromatic heterocycles. The van der Waals surface area contributed by atoms with Crippen LogP contribution in [-0.4, -0.2) is 12.1 Å². The third-order valence-electron chi connectivity index (χ3n) is 2.94. The smallest absolute Gasteiger partial charge is 0.122 e. The summed E-state index contributed by atoms with van der Waals surface area (Å²) < 4.78 is 5.80. The lowest BCUT2D eigenvalue weighted by Crippen LogP contribution is -2.26. The minimum Gasteiger partial charge on any atom is -0.491 e. The highest BCUT2D eigenvalue weighted by atomic mass is 16.5. The van der Waals surface area contributed by atoms with Crippen LogP contribution in [0.1, 0.15) is 39.7 Å². The Labute approximate surface area is 105 Å². The largest absolute Gasteiger partial charge is 0.491 e. The second-order valence-corrected chi connectivity index (χ2v) is 5.22. The number of hydrogen-bond donors (Lipinski definition) is 1. The highest BCUT2D eigenvalue weighted by Gasteiger charge is 2.10. The van der Waals surface area contributed by atoms with Crippen LogP contribution in [0.2, 0.25) is 0 Å². The summed E-state index contributed by atoms with van der Waals surface area (Å²) >= 11 is 0. The number of benzene rings is 1. The van der Waals surface area contributed by atoms with Crippen LogP contribution in [0.25, 0.3) is 0 Å². The third-order valence-corrected chi connectivity index (χ3v) is 2.94. The van der Waals surface area contributed by atoms with Gasteiger partial charge in [0.05, 0.1) is 6.10 Å². The van der Waals surface area contributed by atoms with Crippen LogP contribution >= 0.6 is 0 Å². The maximum Gasteiger partial charge on any atom is 0.122 e. The Hall–Kier alpha value is -1.02. The van der Waals surface area contributed by atoms with E-state index in [-0.39, 0.29) is 12.1 Å². The molecule has 17 heavy (non-hydrogen) atoms. The summed E-state index contributed by atoms with van der Waals surface area (Å²) in [5.74, 6) is 1.53. The molecule has 0 saturated carbocycles. The molecule has 1 aromatic carbocycles. The maximum absolute atomic E-state index is 6.07. The van der Waals surface area contributed by atoms with Gasteiger partial charge in [0.1, 0.15) is 5.75 Å². The van der Waals surface area contributed by atoms with Crippen molar-refractivity contribution in [2.75, 3.05) is 0 Å². The van der Waals surface area contributed by atoms with Crippen LogP contribution in [0.3, 0.4) is 0 Å². The molecule has 0 fully saturated rings. The van der Waals surface area contributed by atoms with Gasteiger partial charge < -0.3 is 10.5 Å². The van der Waals surface area contributed by atoms with Crippen molar-refractivity contribution in [1.29, 1.82) is 0 Å². The van der Waals surface area contributed by atoms with Crippen LogP contribution in [-0.2, 0) is 6.42 Å². The van der Waals surface area contributed by atoms with E-state index in [1.54, 1.807) is 0 Å². The minimum absolute atomic E-state index is 0.218. The SMILES string of the molecule is CC(C)Oc1ccccc1CCC(N)C(C)C. The molecule has 1 unspecified atom stereocenters. The summed E-state index contributed by atoms with van der Waals surface area (Å²) in [7, 11) is 0. The minimum atomic E-state index is 0.218. The molecule has 1 rings (SSSR count). The van der Waals surface area contributed by atoms with Gasteiger partial charge in [0, 0.05) is 6.04 Å². The van der Waals surface area contributed by atoms with Crippen molar-refractivity contribution in [1.82, 2.24) is 0 Å². The summed E-state index contributed by atoms with van der Waals surface area (Å²) in [5, 5.41) is 0. The van der Waals surface area contributed by atoms with Crippen LogP contribution in [0.5, 0.6) is 5.75 Å². The molecule has 1 atom stereocenters. The average Bonchev–Trinajstić information content (AvgIpc) is 2.26. The number of nitrogens with two attached hydrogens (primary N) is 1. The van der Waals surface area contributed by atoms with Gasteiger partial charge in [-0.2, -0.15) is 0 Å². The Morgan fingerprint density at radius 3 is 2.35 bits per heavy atom. The molecular formula is C15H25NO. The zero-order valence-electron chi connectivity index (χ0n) is 11.4. The topological polar surface area (TPSA) is 35.2 Å². The van der Waals surface area contributed by atoms with Crippen molar-refractivity contribution in [3.63, 3.8) is 0 Å². The molecule has 2 nitrogen and oxygen atoms in total. The van der Waals surface area contributed by atoms with Crippen LogP contribution in [0, 0.1) is 5.92 Å². The van der Waals surface area contributed by atoms with E-state index in [2.05, 4.69) is 39.8 Å². The fraction of sp³-hybridized carbons (Fsp3) is 0.600. The van der Waals surface area contributed by atoms with Gasteiger partial charge in [-0.25, -0.2) is 0 Å². The molecule has 0 aliphatic carbocycles. The first-order valence-corrected chi connectivity index (χ1v) is 6.51. The Bertz CT molecular complexity index is 333. The first kappa shape index (κ1) is 14.0. The van der Waals surface area contributed by atoms with E-state index < -0.39 is 0 Å². The summed E-state index contributed by atoms with van der Waals surface area (Å²) in [5.41, 5.74) is 7.34. The van der Waals surface area contributed by atoms with E-state index in [0.717, 1.165) is 18.6 Å². The standard InChI is InChI=1S/C15H25NO/c1-11(2)14(16)10-9-13-7-5-6-8-15(13)17-12(3)4/h5-8,11-12,14H,9-10,16H2,1-4H3. The first-order chi connectivity index (χ1) is 8.00. The monoisotopic (exact) mass is 235 g/mol. The predicted octanol–water partition coefficient (Wildman–Crippen LogP) is 3.39. The average molecular weight is 235 g/mol. The molecular weight excluding hydrogens is 210 g/mol. The van der Waals surface area contributed by atoms with Gasteiger partial charge in [0.25, 0.3) is 0 Å². The lowest BCUT2D eigenvalue weighted by molar-refractivity contribution is 0.239. The van der Waals surface area contributed by atoms with Gasteiger partial charge >= 0.3 is 0 Å². The lowest BCUT2D eigenvalue weighted by atomic mass is 9.97. The maximum atomic E-state index is 6.07. The molecule has 0 aliphatic heterocycles.